The van der Waals surface area contributed by atoms with Crippen molar-refractivity contribution in [1.29, 1.82) is 0 Å². The van der Waals surface area contributed by atoms with Gasteiger partial charge in [0.1, 0.15) is 12.4 Å². The molecule has 0 aromatic heterocycles. The Morgan fingerprint density at radius 1 is 1.00 bits per heavy atom. The number of anilines is 1. The van der Waals surface area contributed by atoms with E-state index in [2.05, 4.69) is 35.2 Å². The number of nitrogens with zero attached hydrogens (tertiary/aromatic N) is 2. The zero-order valence-corrected chi connectivity index (χ0v) is 17.5. The van der Waals surface area contributed by atoms with E-state index < -0.39 is 0 Å². The smallest absolute Gasteiger partial charge is 0.224 e. The third-order valence-corrected chi connectivity index (χ3v) is 6.36. The van der Waals surface area contributed by atoms with Gasteiger partial charge in [-0.15, -0.1) is 0 Å². The van der Waals surface area contributed by atoms with Gasteiger partial charge in [0.05, 0.1) is 18.8 Å². The standard InChI is InChI=1S/C25H28N2O3/c1-18(28)27-15-17-30-25-22(6-3-7-23(25)27)19-8-12-26(13-9-19)14-10-20-4-2-5-21-11-16-29-24(20)21/h2-8H,9-17H2,1H3. The summed E-state index contributed by atoms with van der Waals surface area (Å²) in [5, 5.41) is 0. The quantitative estimate of drug-likeness (QED) is 0.779. The van der Waals surface area contributed by atoms with Crippen LogP contribution in [-0.4, -0.2) is 50.2 Å². The fourth-order valence-electron chi connectivity index (χ4n) is 4.75. The summed E-state index contributed by atoms with van der Waals surface area (Å²) in [5.74, 6) is 2.04. The van der Waals surface area contributed by atoms with Gasteiger partial charge in [-0.05, 0) is 35.6 Å². The molecule has 0 unspecified atom stereocenters. The van der Waals surface area contributed by atoms with Crippen LogP contribution in [0.5, 0.6) is 11.5 Å². The van der Waals surface area contributed by atoms with Gasteiger partial charge >= 0.3 is 0 Å². The molecule has 2 aromatic rings. The molecule has 2 aromatic carbocycles. The number of benzene rings is 2. The minimum absolute atomic E-state index is 0.0666. The molecule has 3 heterocycles. The molecule has 0 spiro atoms. The molecule has 0 saturated carbocycles. The van der Waals surface area contributed by atoms with E-state index in [1.165, 1.54) is 16.7 Å². The van der Waals surface area contributed by atoms with Crippen molar-refractivity contribution in [3.05, 3.63) is 59.2 Å². The molecule has 5 nitrogen and oxygen atoms in total. The highest BCUT2D eigenvalue weighted by Gasteiger charge is 2.25. The molecule has 1 amide bonds. The van der Waals surface area contributed by atoms with Gasteiger partial charge < -0.3 is 14.4 Å². The third-order valence-electron chi connectivity index (χ3n) is 6.36. The molecule has 0 atom stereocenters. The predicted molar refractivity (Wildman–Crippen MR) is 118 cm³/mol. The highest BCUT2D eigenvalue weighted by atomic mass is 16.5. The van der Waals surface area contributed by atoms with Crippen LogP contribution in [-0.2, 0) is 17.6 Å². The number of hydrogen-bond donors (Lipinski definition) is 0. The van der Waals surface area contributed by atoms with E-state index in [1.807, 2.05) is 17.0 Å². The fraction of sp³-hybridized carbons (Fsp3) is 0.400. The fourth-order valence-corrected chi connectivity index (χ4v) is 4.75. The molecule has 3 aliphatic heterocycles. The molecule has 0 saturated heterocycles. The van der Waals surface area contributed by atoms with Crippen molar-refractivity contribution in [3.8, 4) is 11.5 Å². The lowest BCUT2D eigenvalue weighted by atomic mass is 9.96. The van der Waals surface area contributed by atoms with E-state index in [-0.39, 0.29) is 5.91 Å². The zero-order chi connectivity index (χ0) is 20.5. The maximum absolute atomic E-state index is 12.0. The second-order valence-corrected chi connectivity index (χ2v) is 8.21. The Balaban J connectivity index is 1.28. The van der Waals surface area contributed by atoms with Gasteiger partial charge in [-0.2, -0.15) is 0 Å². The molecular weight excluding hydrogens is 376 g/mol. The number of para-hydroxylation sites is 2. The highest BCUT2D eigenvalue weighted by molar-refractivity contribution is 5.95. The molecule has 0 radical (unpaired) electrons. The van der Waals surface area contributed by atoms with E-state index >= 15 is 0 Å². The summed E-state index contributed by atoms with van der Waals surface area (Å²) in [5.41, 5.74) is 6.02. The van der Waals surface area contributed by atoms with Crippen LogP contribution in [0.15, 0.2) is 42.5 Å². The summed E-state index contributed by atoms with van der Waals surface area (Å²) in [6.45, 7) is 6.59. The van der Waals surface area contributed by atoms with E-state index in [0.29, 0.717) is 13.2 Å². The zero-order valence-electron chi connectivity index (χ0n) is 17.5. The lowest BCUT2D eigenvalue weighted by molar-refractivity contribution is -0.116. The van der Waals surface area contributed by atoms with Crippen molar-refractivity contribution in [1.82, 2.24) is 4.90 Å². The Labute approximate surface area is 177 Å². The van der Waals surface area contributed by atoms with Gasteiger partial charge in [-0.1, -0.05) is 36.4 Å². The van der Waals surface area contributed by atoms with Crippen molar-refractivity contribution in [2.75, 3.05) is 44.3 Å². The van der Waals surface area contributed by atoms with Crippen LogP contribution in [0.2, 0.25) is 0 Å². The number of amides is 1. The lowest BCUT2D eigenvalue weighted by Crippen LogP contribution is -2.36. The first-order valence-electron chi connectivity index (χ1n) is 10.9. The lowest BCUT2D eigenvalue weighted by Gasteiger charge is -2.32. The molecule has 30 heavy (non-hydrogen) atoms. The summed E-state index contributed by atoms with van der Waals surface area (Å²) >= 11 is 0. The monoisotopic (exact) mass is 404 g/mol. The molecule has 0 N–H and O–H groups in total. The average Bonchev–Trinajstić information content (AvgIpc) is 3.27. The summed E-state index contributed by atoms with van der Waals surface area (Å²) < 4.78 is 11.9. The maximum Gasteiger partial charge on any atom is 0.224 e. The molecule has 3 aliphatic rings. The largest absolute Gasteiger partial charge is 0.493 e. The number of carbonyl (C=O) groups excluding carboxylic acids is 1. The molecule has 5 rings (SSSR count). The first-order chi connectivity index (χ1) is 14.7. The van der Waals surface area contributed by atoms with Crippen molar-refractivity contribution in [2.45, 2.75) is 26.2 Å². The van der Waals surface area contributed by atoms with Crippen LogP contribution >= 0.6 is 0 Å². The number of fused-ring (bicyclic) bond motifs is 2. The van der Waals surface area contributed by atoms with E-state index in [1.54, 1.807) is 6.92 Å². The summed E-state index contributed by atoms with van der Waals surface area (Å²) in [6.07, 6.45) is 5.36. The topological polar surface area (TPSA) is 42.0 Å². The number of hydrogen-bond acceptors (Lipinski definition) is 4. The van der Waals surface area contributed by atoms with Crippen molar-refractivity contribution >= 4 is 17.2 Å². The van der Waals surface area contributed by atoms with E-state index in [9.17, 15) is 4.79 Å². The molecule has 0 bridgehead atoms. The van der Waals surface area contributed by atoms with Crippen LogP contribution in [0.3, 0.4) is 0 Å². The Bertz CT molecular complexity index is 998. The van der Waals surface area contributed by atoms with Crippen LogP contribution in [0.1, 0.15) is 30.0 Å². The van der Waals surface area contributed by atoms with E-state index in [0.717, 1.165) is 68.3 Å². The Morgan fingerprint density at radius 2 is 1.87 bits per heavy atom. The van der Waals surface area contributed by atoms with Gasteiger partial charge in [0.15, 0.2) is 5.75 Å². The van der Waals surface area contributed by atoms with Crippen molar-refractivity contribution in [3.63, 3.8) is 0 Å². The van der Waals surface area contributed by atoms with Crippen LogP contribution in [0, 0.1) is 0 Å². The minimum Gasteiger partial charge on any atom is -0.493 e. The van der Waals surface area contributed by atoms with Crippen LogP contribution < -0.4 is 14.4 Å². The van der Waals surface area contributed by atoms with E-state index in [4.69, 9.17) is 9.47 Å². The molecule has 0 fully saturated rings. The third kappa shape index (κ3) is 3.58. The van der Waals surface area contributed by atoms with Gasteiger partial charge in [0.25, 0.3) is 0 Å². The first-order valence-corrected chi connectivity index (χ1v) is 10.9. The maximum atomic E-state index is 12.0. The predicted octanol–water partition coefficient (Wildman–Crippen LogP) is 3.70. The number of rotatable bonds is 4. The first kappa shape index (κ1) is 19.2. The van der Waals surface area contributed by atoms with Gasteiger partial charge in [-0.25, -0.2) is 0 Å². The Morgan fingerprint density at radius 3 is 2.70 bits per heavy atom. The number of carbonyl (C=O) groups is 1. The second kappa shape index (κ2) is 8.15. The second-order valence-electron chi connectivity index (χ2n) is 8.21. The summed E-state index contributed by atoms with van der Waals surface area (Å²) in [7, 11) is 0. The van der Waals surface area contributed by atoms with Crippen molar-refractivity contribution in [2.24, 2.45) is 0 Å². The molecular formula is C25H28N2O3. The number of ether oxygens (including phenoxy) is 2. The minimum atomic E-state index is 0.0666. The highest BCUT2D eigenvalue weighted by Crippen LogP contribution is 2.40. The van der Waals surface area contributed by atoms with Crippen LogP contribution in [0.25, 0.3) is 5.57 Å². The Kier molecular flexibility index (Phi) is 5.21. The van der Waals surface area contributed by atoms with Gasteiger partial charge in [0.2, 0.25) is 5.91 Å². The van der Waals surface area contributed by atoms with Gasteiger partial charge in [0, 0.05) is 38.5 Å². The SMILES string of the molecule is CC(=O)N1CCOc2c(C3=CCN(CCc4cccc5c4OCC5)CC3)cccc21. The summed E-state index contributed by atoms with van der Waals surface area (Å²) in [4.78, 5) is 16.3. The average molecular weight is 405 g/mol. The normalized spacial score (nSPS) is 18.2. The molecule has 5 heteroatoms. The molecule has 156 valence electrons. The van der Waals surface area contributed by atoms with Gasteiger partial charge in [-0.3, -0.25) is 9.69 Å². The molecule has 0 aliphatic carbocycles. The Hall–Kier alpha value is -2.79. The summed E-state index contributed by atoms with van der Waals surface area (Å²) in [6, 6.07) is 12.7. The van der Waals surface area contributed by atoms with Crippen LogP contribution in [0.4, 0.5) is 5.69 Å². The van der Waals surface area contributed by atoms with Crippen molar-refractivity contribution < 1.29 is 14.3 Å².